The Kier molecular flexibility index (Phi) is 2.89. The van der Waals surface area contributed by atoms with Gasteiger partial charge in [0.05, 0.1) is 35.5 Å². The molecule has 0 saturated heterocycles. The van der Waals surface area contributed by atoms with Crippen LogP contribution in [0.2, 0.25) is 5.15 Å². The van der Waals surface area contributed by atoms with Crippen molar-refractivity contribution in [1.82, 2.24) is 14.4 Å². The first-order valence-corrected chi connectivity index (χ1v) is 5.95. The summed E-state index contributed by atoms with van der Waals surface area (Å²) in [5.41, 5.74) is 2.07. The summed E-state index contributed by atoms with van der Waals surface area (Å²) in [6, 6.07) is 6.90. The molecule has 0 unspecified atom stereocenters. The molecule has 0 fully saturated rings. The van der Waals surface area contributed by atoms with Crippen molar-refractivity contribution in [2.75, 3.05) is 5.32 Å². The molecule has 0 atom stereocenters. The second-order valence-electron chi connectivity index (χ2n) is 3.97. The first-order chi connectivity index (χ1) is 9.22. The third-order valence-corrected chi connectivity index (χ3v) is 2.88. The summed E-state index contributed by atoms with van der Waals surface area (Å²) in [7, 11) is 0. The Labute approximate surface area is 113 Å². The lowest BCUT2D eigenvalue weighted by Crippen LogP contribution is -2.12. The van der Waals surface area contributed by atoms with Gasteiger partial charge in [-0.3, -0.25) is 4.79 Å². The second kappa shape index (κ2) is 4.70. The summed E-state index contributed by atoms with van der Waals surface area (Å²) in [5.74, 6) is -0.209. The standard InChI is InChI=1S/C13H9ClN4O/c14-12-4-2-10(5-16-12)17-13(19)9-1-3-11-6-15-8-18(11)7-9/h1-8H,(H,17,19). The molecule has 3 aromatic rings. The molecular formula is C13H9ClN4O. The zero-order valence-corrected chi connectivity index (χ0v) is 10.5. The molecular weight excluding hydrogens is 264 g/mol. The first kappa shape index (κ1) is 11.7. The number of carbonyl (C=O) groups excluding carboxylic acids is 1. The number of hydrogen-bond donors (Lipinski definition) is 1. The number of halogens is 1. The molecule has 0 aromatic carbocycles. The van der Waals surface area contributed by atoms with Gasteiger partial charge in [0.1, 0.15) is 5.15 Å². The molecule has 6 heteroatoms. The molecule has 19 heavy (non-hydrogen) atoms. The van der Waals surface area contributed by atoms with Crippen LogP contribution < -0.4 is 5.32 Å². The van der Waals surface area contributed by atoms with Gasteiger partial charge in [0.15, 0.2) is 0 Å². The summed E-state index contributed by atoms with van der Waals surface area (Å²) in [6.45, 7) is 0. The summed E-state index contributed by atoms with van der Waals surface area (Å²) in [6.07, 6.45) is 6.61. The lowest BCUT2D eigenvalue weighted by atomic mass is 10.2. The number of nitrogens with zero attached hydrogens (tertiary/aromatic N) is 3. The molecule has 0 aliphatic rings. The summed E-state index contributed by atoms with van der Waals surface area (Å²) in [5, 5.41) is 3.14. The van der Waals surface area contributed by atoms with E-state index in [9.17, 15) is 4.79 Å². The molecule has 3 rings (SSSR count). The zero-order valence-electron chi connectivity index (χ0n) is 9.75. The topological polar surface area (TPSA) is 59.3 Å². The third-order valence-electron chi connectivity index (χ3n) is 2.66. The monoisotopic (exact) mass is 272 g/mol. The number of amides is 1. The van der Waals surface area contributed by atoms with Crippen LogP contribution in [-0.4, -0.2) is 20.3 Å². The molecule has 1 amide bonds. The number of nitrogens with one attached hydrogen (secondary N) is 1. The summed E-state index contributed by atoms with van der Waals surface area (Å²) >= 11 is 5.68. The maximum atomic E-state index is 12.1. The average molecular weight is 273 g/mol. The van der Waals surface area contributed by atoms with Crippen LogP contribution in [0.4, 0.5) is 5.69 Å². The molecule has 5 nitrogen and oxygen atoms in total. The van der Waals surface area contributed by atoms with Crippen LogP contribution in [0.15, 0.2) is 49.2 Å². The van der Waals surface area contributed by atoms with Crippen LogP contribution in [0.25, 0.3) is 5.52 Å². The maximum Gasteiger partial charge on any atom is 0.257 e. The quantitative estimate of drug-likeness (QED) is 0.730. The van der Waals surface area contributed by atoms with Crippen LogP contribution in [0.3, 0.4) is 0 Å². The third kappa shape index (κ3) is 2.41. The van der Waals surface area contributed by atoms with E-state index >= 15 is 0 Å². The van der Waals surface area contributed by atoms with E-state index in [2.05, 4.69) is 15.3 Å². The normalized spacial score (nSPS) is 10.6. The largest absolute Gasteiger partial charge is 0.321 e. The molecule has 3 heterocycles. The molecule has 94 valence electrons. The van der Waals surface area contributed by atoms with E-state index in [0.717, 1.165) is 5.52 Å². The van der Waals surface area contributed by atoms with Crippen LogP contribution in [-0.2, 0) is 0 Å². The minimum Gasteiger partial charge on any atom is -0.321 e. The Morgan fingerprint density at radius 3 is 2.89 bits per heavy atom. The fraction of sp³-hybridized carbons (Fsp3) is 0. The molecule has 0 saturated carbocycles. The van der Waals surface area contributed by atoms with E-state index in [1.165, 1.54) is 6.20 Å². The number of imidazole rings is 1. The van der Waals surface area contributed by atoms with E-state index in [0.29, 0.717) is 16.4 Å². The van der Waals surface area contributed by atoms with Crippen LogP contribution in [0.1, 0.15) is 10.4 Å². The Bertz CT molecular complexity index is 736. The predicted octanol–water partition coefficient (Wildman–Crippen LogP) is 2.63. The van der Waals surface area contributed by atoms with Crippen molar-refractivity contribution in [2.45, 2.75) is 0 Å². The molecule has 0 spiro atoms. The average Bonchev–Trinajstić information content (AvgIpc) is 2.88. The van der Waals surface area contributed by atoms with Gasteiger partial charge < -0.3 is 9.72 Å². The minimum atomic E-state index is -0.209. The Morgan fingerprint density at radius 2 is 2.11 bits per heavy atom. The van der Waals surface area contributed by atoms with Gasteiger partial charge in [-0.25, -0.2) is 9.97 Å². The van der Waals surface area contributed by atoms with E-state index in [1.54, 1.807) is 41.3 Å². The first-order valence-electron chi connectivity index (χ1n) is 5.57. The Morgan fingerprint density at radius 1 is 1.21 bits per heavy atom. The van der Waals surface area contributed by atoms with Crippen LogP contribution in [0, 0.1) is 0 Å². The van der Waals surface area contributed by atoms with Crippen molar-refractivity contribution in [3.8, 4) is 0 Å². The molecule has 1 N–H and O–H groups in total. The SMILES string of the molecule is O=C(Nc1ccc(Cl)nc1)c1ccc2cncn2c1. The highest BCUT2D eigenvalue weighted by molar-refractivity contribution is 6.29. The van der Waals surface area contributed by atoms with Crippen LogP contribution >= 0.6 is 11.6 Å². The van der Waals surface area contributed by atoms with Gasteiger partial charge in [-0.2, -0.15) is 0 Å². The van der Waals surface area contributed by atoms with Crippen LogP contribution in [0.5, 0.6) is 0 Å². The predicted molar refractivity (Wildman–Crippen MR) is 72.4 cm³/mol. The van der Waals surface area contributed by atoms with E-state index in [1.807, 2.05) is 6.07 Å². The van der Waals surface area contributed by atoms with Gasteiger partial charge in [-0.15, -0.1) is 0 Å². The van der Waals surface area contributed by atoms with Crippen molar-refractivity contribution in [2.24, 2.45) is 0 Å². The highest BCUT2D eigenvalue weighted by atomic mass is 35.5. The summed E-state index contributed by atoms with van der Waals surface area (Å²) < 4.78 is 1.79. The molecule has 0 radical (unpaired) electrons. The molecule has 0 aliphatic carbocycles. The number of aromatic nitrogens is 3. The van der Waals surface area contributed by atoms with Crippen molar-refractivity contribution in [1.29, 1.82) is 0 Å². The lowest BCUT2D eigenvalue weighted by Gasteiger charge is -2.05. The van der Waals surface area contributed by atoms with Gasteiger partial charge in [0, 0.05) is 6.20 Å². The number of fused-ring (bicyclic) bond motifs is 1. The van der Waals surface area contributed by atoms with Crippen molar-refractivity contribution in [3.05, 3.63) is 59.9 Å². The minimum absolute atomic E-state index is 0.209. The van der Waals surface area contributed by atoms with Crippen molar-refractivity contribution in [3.63, 3.8) is 0 Å². The zero-order chi connectivity index (χ0) is 13.2. The van der Waals surface area contributed by atoms with E-state index in [-0.39, 0.29) is 5.91 Å². The number of rotatable bonds is 2. The Hall–Kier alpha value is -2.40. The Balaban J connectivity index is 1.84. The fourth-order valence-electron chi connectivity index (χ4n) is 1.71. The maximum absolute atomic E-state index is 12.1. The second-order valence-corrected chi connectivity index (χ2v) is 4.35. The summed E-state index contributed by atoms with van der Waals surface area (Å²) in [4.78, 5) is 20.0. The van der Waals surface area contributed by atoms with Crippen molar-refractivity contribution >= 4 is 28.7 Å². The number of carbonyl (C=O) groups is 1. The molecule has 0 aliphatic heterocycles. The molecule has 3 aromatic heterocycles. The van der Waals surface area contributed by atoms with Gasteiger partial charge in [0.25, 0.3) is 5.91 Å². The van der Waals surface area contributed by atoms with Gasteiger partial charge in [-0.05, 0) is 24.3 Å². The highest BCUT2D eigenvalue weighted by Crippen LogP contribution is 2.12. The van der Waals surface area contributed by atoms with Gasteiger partial charge >= 0.3 is 0 Å². The lowest BCUT2D eigenvalue weighted by molar-refractivity contribution is 0.102. The fourth-order valence-corrected chi connectivity index (χ4v) is 1.82. The van der Waals surface area contributed by atoms with E-state index < -0.39 is 0 Å². The highest BCUT2D eigenvalue weighted by Gasteiger charge is 2.07. The smallest absolute Gasteiger partial charge is 0.257 e. The van der Waals surface area contributed by atoms with Crippen molar-refractivity contribution < 1.29 is 4.79 Å². The number of pyridine rings is 2. The molecule has 0 bridgehead atoms. The number of anilines is 1. The van der Waals surface area contributed by atoms with Gasteiger partial charge in [-0.1, -0.05) is 11.6 Å². The number of hydrogen-bond acceptors (Lipinski definition) is 3. The van der Waals surface area contributed by atoms with E-state index in [4.69, 9.17) is 11.6 Å². The van der Waals surface area contributed by atoms with Gasteiger partial charge in [0.2, 0.25) is 0 Å².